The van der Waals surface area contributed by atoms with Crippen molar-refractivity contribution in [2.24, 2.45) is 5.41 Å². The van der Waals surface area contributed by atoms with Gasteiger partial charge in [0.2, 0.25) is 11.7 Å². The number of carbonyl (C=O) groups excluding carboxylic acids is 1. The van der Waals surface area contributed by atoms with E-state index in [1.807, 2.05) is 43.4 Å². The number of carbonyl (C=O) groups is 1. The second-order valence-electron chi connectivity index (χ2n) is 8.77. The van der Waals surface area contributed by atoms with Gasteiger partial charge in [-0.1, -0.05) is 12.1 Å². The first-order chi connectivity index (χ1) is 15.4. The number of nitrogens with zero attached hydrogens (tertiary/aromatic N) is 6. The van der Waals surface area contributed by atoms with E-state index in [-0.39, 0.29) is 11.9 Å². The molecule has 0 saturated heterocycles. The number of benzene rings is 1. The predicted molar refractivity (Wildman–Crippen MR) is 117 cm³/mol. The Bertz CT molecular complexity index is 1350. The molecule has 3 heterocycles. The van der Waals surface area contributed by atoms with E-state index < -0.39 is 5.41 Å². The van der Waals surface area contributed by atoms with Gasteiger partial charge in [0.15, 0.2) is 0 Å². The van der Waals surface area contributed by atoms with Crippen LogP contribution in [0.5, 0.6) is 0 Å². The number of aromatic nitrogens is 3. The Kier molecular flexibility index (Phi) is 4.42. The minimum Gasteiger partial charge on any atom is -0.363 e. The number of imidazole rings is 1. The van der Waals surface area contributed by atoms with Crippen molar-refractivity contribution in [3.05, 3.63) is 58.0 Å². The van der Waals surface area contributed by atoms with E-state index in [2.05, 4.69) is 22.4 Å². The first-order valence-electron chi connectivity index (χ1n) is 10.7. The van der Waals surface area contributed by atoms with Gasteiger partial charge in [0.1, 0.15) is 11.2 Å². The summed E-state index contributed by atoms with van der Waals surface area (Å²) in [5, 5.41) is 22.4. The quantitative estimate of drug-likeness (QED) is 0.685. The van der Waals surface area contributed by atoms with E-state index in [9.17, 15) is 15.3 Å². The van der Waals surface area contributed by atoms with Crippen molar-refractivity contribution in [2.45, 2.75) is 52.7 Å². The van der Waals surface area contributed by atoms with E-state index in [0.29, 0.717) is 43.1 Å². The Balaban J connectivity index is 1.54. The maximum absolute atomic E-state index is 13.1. The highest BCUT2D eigenvalue weighted by Gasteiger charge is 2.53. The first-order valence-corrected chi connectivity index (χ1v) is 10.7. The van der Waals surface area contributed by atoms with Crippen molar-refractivity contribution in [2.75, 3.05) is 5.32 Å². The monoisotopic (exact) mass is 425 g/mol. The summed E-state index contributed by atoms with van der Waals surface area (Å²) in [5.74, 6) is 1.16. The standard InChI is InChI=1S/C24H23N7O/c1-14-10-27-23-29-21(28-16(3)18-6-4-5-17(9-25)15(18)2)19-11-30(12-20(19)31(14)23)22(32)24(13-26)7-8-24/h4-6,10,16H,7-8,11-12H2,1-3H3,(H,27,28,29)/t16-/m1/s1. The molecule has 1 saturated carbocycles. The molecule has 1 fully saturated rings. The van der Waals surface area contributed by atoms with Crippen LogP contribution in [0.2, 0.25) is 0 Å². The van der Waals surface area contributed by atoms with Crippen molar-refractivity contribution < 1.29 is 4.79 Å². The fourth-order valence-corrected chi connectivity index (χ4v) is 4.63. The lowest BCUT2D eigenvalue weighted by atomic mass is 9.98. The van der Waals surface area contributed by atoms with Gasteiger partial charge in [-0.25, -0.2) is 4.98 Å². The van der Waals surface area contributed by atoms with Crippen LogP contribution >= 0.6 is 0 Å². The van der Waals surface area contributed by atoms with E-state index in [1.165, 1.54) is 0 Å². The molecule has 5 rings (SSSR count). The smallest absolute Gasteiger partial charge is 0.243 e. The maximum atomic E-state index is 13.1. The number of aryl methyl sites for hydroxylation is 1. The number of amides is 1. The Hall–Kier alpha value is -3.91. The molecule has 1 N–H and O–H groups in total. The second-order valence-corrected chi connectivity index (χ2v) is 8.77. The fraction of sp³-hybridized carbons (Fsp3) is 0.375. The largest absolute Gasteiger partial charge is 0.363 e. The van der Waals surface area contributed by atoms with Crippen LogP contribution in [-0.2, 0) is 17.9 Å². The van der Waals surface area contributed by atoms with Crippen LogP contribution < -0.4 is 5.32 Å². The molecule has 1 aromatic carbocycles. The number of nitriles is 2. The lowest BCUT2D eigenvalue weighted by Crippen LogP contribution is -2.32. The van der Waals surface area contributed by atoms with Crippen LogP contribution in [0.3, 0.4) is 0 Å². The van der Waals surface area contributed by atoms with E-state index in [0.717, 1.165) is 28.1 Å². The summed E-state index contributed by atoms with van der Waals surface area (Å²) in [4.78, 5) is 24.0. The zero-order valence-corrected chi connectivity index (χ0v) is 18.3. The lowest BCUT2D eigenvalue weighted by molar-refractivity contribution is -0.135. The lowest BCUT2D eigenvalue weighted by Gasteiger charge is -2.20. The summed E-state index contributed by atoms with van der Waals surface area (Å²) < 4.78 is 1.99. The molecule has 160 valence electrons. The van der Waals surface area contributed by atoms with Gasteiger partial charge in [-0.3, -0.25) is 9.20 Å². The first kappa shape index (κ1) is 20.0. The summed E-state index contributed by atoms with van der Waals surface area (Å²) >= 11 is 0. The van der Waals surface area contributed by atoms with Crippen LogP contribution in [0.1, 0.15) is 59.4 Å². The number of hydrogen-bond acceptors (Lipinski definition) is 6. The fourth-order valence-electron chi connectivity index (χ4n) is 4.63. The van der Waals surface area contributed by atoms with Crippen LogP contribution in [0, 0.1) is 41.9 Å². The number of fused-ring (bicyclic) bond motifs is 3. The highest BCUT2D eigenvalue weighted by Crippen LogP contribution is 2.48. The molecule has 2 aromatic heterocycles. The topological polar surface area (TPSA) is 110 Å². The van der Waals surface area contributed by atoms with Gasteiger partial charge in [0.25, 0.3) is 0 Å². The Morgan fingerprint density at radius 1 is 1.25 bits per heavy atom. The highest BCUT2D eigenvalue weighted by molar-refractivity contribution is 5.89. The van der Waals surface area contributed by atoms with Gasteiger partial charge in [0.05, 0.1) is 48.7 Å². The van der Waals surface area contributed by atoms with Crippen molar-refractivity contribution in [1.29, 1.82) is 10.5 Å². The minimum atomic E-state index is -0.853. The summed E-state index contributed by atoms with van der Waals surface area (Å²) in [5.41, 5.74) is 4.63. The molecule has 8 heteroatoms. The molecule has 2 aliphatic rings. The average molecular weight is 425 g/mol. The molecular formula is C24H23N7O. The summed E-state index contributed by atoms with van der Waals surface area (Å²) in [6.45, 7) is 6.79. The van der Waals surface area contributed by atoms with Crippen LogP contribution in [0.15, 0.2) is 24.4 Å². The Morgan fingerprint density at radius 3 is 2.72 bits per heavy atom. The maximum Gasteiger partial charge on any atom is 0.243 e. The number of nitrogens with one attached hydrogen (secondary N) is 1. The van der Waals surface area contributed by atoms with E-state index in [1.54, 1.807) is 11.1 Å². The molecule has 8 nitrogen and oxygen atoms in total. The van der Waals surface area contributed by atoms with E-state index in [4.69, 9.17) is 4.98 Å². The Morgan fingerprint density at radius 2 is 2.03 bits per heavy atom. The number of rotatable bonds is 4. The van der Waals surface area contributed by atoms with Gasteiger partial charge in [0, 0.05) is 11.3 Å². The van der Waals surface area contributed by atoms with Crippen LogP contribution in [0.25, 0.3) is 5.78 Å². The van der Waals surface area contributed by atoms with Crippen LogP contribution in [0.4, 0.5) is 5.82 Å². The summed E-state index contributed by atoms with van der Waals surface area (Å²) in [6.07, 6.45) is 3.03. The van der Waals surface area contributed by atoms with Crippen molar-refractivity contribution in [3.63, 3.8) is 0 Å². The third kappa shape index (κ3) is 2.91. The third-order valence-electron chi connectivity index (χ3n) is 6.70. The van der Waals surface area contributed by atoms with Crippen molar-refractivity contribution in [1.82, 2.24) is 19.3 Å². The minimum absolute atomic E-state index is 0.0984. The molecule has 0 radical (unpaired) electrons. The summed E-state index contributed by atoms with van der Waals surface area (Å²) in [6, 6.07) is 10.1. The van der Waals surface area contributed by atoms with Gasteiger partial charge in [-0.05, 0) is 50.8 Å². The number of anilines is 1. The van der Waals surface area contributed by atoms with Crippen molar-refractivity contribution >= 4 is 17.5 Å². The van der Waals surface area contributed by atoms with Gasteiger partial charge in [-0.15, -0.1) is 0 Å². The van der Waals surface area contributed by atoms with Crippen molar-refractivity contribution in [3.8, 4) is 12.1 Å². The zero-order valence-electron chi connectivity index (χ0n) is 18.3. The predicted octanol–water partition coefficient (Wildman–Crippen LogP) is 3.54. The molecule has 32 heavy (non-hydrogen) atoms. The SMILES string of the molecule is Cc1c(C#N)cccc1[C@@H](C)Nc1nc2ncc(C)n2c2c1CN(C(=O)C1(C#N)CC1)C2. The van der Waals surface area contributed by atoms with E-state index >= 15 is 0 Å². The molecule has 0 spiro atoms. The highest BCUT2D eigenvalue weighted by atomic mass is 16.2. The third-order valence-corrected chi connectivity index (χ3v) is 6.70. The molecule has 1 amide bonds. The molecule has 1 atom stereocenters. The average Bonchev–Trinajstić information content (AvgIpc) is 3.33. The normalized spacial score (nSPS) is 16.8. The second kappa shape index (κ2) is 7.06. The molecule has 0 bridgehead atoms. The van der Waals surface area contributed by atoms with Gasteiger partial charge < -0.3 is 10.2 Å². The molecule has 1 aliphatic carbocycles. The molecule has 1 aliphatic heterocycles. The van der Waals surface area contributed by atoms with Crippen LogP contribution in [-0.4, -0.2) is 25.2 Å². The molecule has 3 aromatic rings. The number of hydrogen-bond donors (Lipinski definition) is 1. The molecule has 0 unspecified atom stereocenters. The Labute approximate surface area is 186 Å². The molecular weight excluding hydrogens is 402 g/mol. The zero-order chi connectivity index (χ0) is 22.6. The summed E-state index contributed by atoms with van der Waals surface area (Å²) in [7, 11) is 0. The van der Waals surface area contributed by atoms with Gasteiger partial charge in [-0.2, -0.15) is 15.5 Å². The van der Waals surface area contributed by atoms with Gasteiger partial charge >= 0.3 is 0 Å².